The van der Waals surface area contributed by atoms with E-state index in [1.807, 2.05) is 6.92 Å². The van der Waals surface area contributed by atoms with E-state index in [-0.39, 0.29) is 0 Å². The zero-order chi connectivity index (χ0) is 42.2. The molecule has 0 atom stereocenters. The lowest BCUT2D eigenvalue weighted by Crippen LogP contribution is -2.35. The van der Waals surface area contributed by atoms with Crippen molar-refractivity contribution in [2.45, 2.75) is 258 Å². The number of aliphatic hydroxyl groups is 3. The fourth-order valence-electron chi connectivity index (χ4n) is 6.41. The molecule has 0 aliphatic rings. The van der Waals surface area contributed by atoms with Crippen molar-refractivity contribution in [1.29, 1.82) is 0 Å². The van der Waals surface area contributed by atoms with Gasteiger partial charge in [-0.05, 0) is 25.7 Å². The standard InChI is InChI=1S/C25H54N.C16H34O.C4H10O2.CH4O4S/c1-5-6-7-8-9-10-11-12-13-14-15-16-17-18-19-20-21-22-23-24-25-26(2,3)4;1-2-3-4-5-6-7-8-9-10-11-12-13-14-15-16-17;1-2-3-4(5)6;1-5-6(2,3)4/h5-25H2,1-4H3;17H,2-16H2,1H3;4-6H,2-3H2,1H3;1H3,(H,2,3,4)/q+1;;;/p-1. The molecular formula is C46H101NO7S. The third-order valence-electron chi connectivity index (χ3n) is 9.95. The first-order valence-electron chi connectivity index (χ1n) is 23.6. The SMILES string of the molecule is CCCC(O)O.CCCCCCCCCCCCCCCCCCCCCC[N+](C)(C)C.CCCCCCCCCCCCCCCCO.COS(=O)(=O)[O-]. The van der Waals surface area contributed by atoms with Crippen molar-refractivity contribution in [2.75, 3.05) is 41.4 Å². The van der Waals surface area contributed by atoms with Gasteiger partial charge in [0.25, 0.3) is 0 Å². The lowest BCUT2D eigenvalue weighted by Gasteiger charge is -2.23. The molecule has 0 saturated heterocycles. The predicted octanol–water partition coefficient (Wildman–Crippen LogP) is 13.2. The van der Waals surface area contributed by atoms with Crippen molar-refractivity contribution >= 4 is 10.4 Å². The third-order valence-corrected chi connectivity index (χ3v) is 10.4. The van der Waals surface area contributed by atoms with Gasteiger partial charge in [0.1, 0.15) is 0 Å². The van der Waals surface area contributed by atoms with Crippen molar-refractivity contribution in [2.24, 2.45) is 0 Å². The molecule has 0 aliphatic heterocycles. The second-order valence-electron chi connectivity index (χ2n) is 16.9. The van der Waals surface area contributed by atoms with Gasteiger partial charge in [-0.25, -0.2) is 8.42 Å². The van der Waals surface area contributed by atoms with E-state index in [4.69, 9.17) is 15.3 Å². The van der Waals surface area contributed by atoms with Crippen LogP contribution in [-0.4, -0.2) is 80.5 Å². The minimum Gasteiger partial charge on any atom is -0.726 e. The molecule has 9 heteroatoms. The number of rotatable bonds is 38. The van der Waals surface area contributed by atoms with E-state index in [2.05, 4.69) is 39.2 Å². The number of nitrogens with zero attached hydrogens (tertiary/aromatic N) is 1. The van der Waals surface area contributed by atoms with Crippen LogP contribution in [0.3, 0.4) is 0 Å². The van der Waals surface area contributed by atoms with Crippen molar-refractivity contribution in [3.05, 3.63) is 0 Å². The second-order valence-corrected chi connectivity index (χ2v) is 18.0. The molecular weight excluding hydrogens is 711 g/mol. The maximum atomic E-state index is 9.22. The van der Waals surface area contributed by atoms with Crippen molar-refractivity contribution in [1.82, 2.24) is 0 Å². The number of unbranched alkanes of at least 4 members (excludes halogenated alkanes) is 32. The predicted molar refractivity (Wildman–Crippen MR) is 238 cm³/mol. The summed E-state index contributed by atoms with van der Waals surface area (Å²) in [5.74, 6) is 0. The van der Waals surface area contributed by atoms with Gasteiger partial charge in [0.05, 0.1) is 34.8 Å². The Bertz CT molecular complexity index is 746. The third kappa shape index (κ3) is 78.7. The molecule has 0 saturated carbocycles. The van der Waals surface area contributed by atoms with Gasteiger partial charge >= 0.3 is 0 Å². The molecule has 0 heterocycles. The molecule has 0 bridgehead atoms. The molecule has 0 rings (SSSR count). The monoisotopic (exact) mass is 812 g/mol. The molecule has 0 aromatic rings. The summed E-state index contributed by atoms with van der Waals surface area (Å²) < 4.78 is 32.1. The van der Waals surface area contributed by atoms with Gasteiger partial charge in [-0.1, -0.05) is 226 Å². The normalized spacial score (nSPS) is 11.4. The Morgan fingerprint density at radius 2 is 0.673 bits per heavy atom. The van der Waals surface area contributed by atoms with E-state index in [1.54, 1.807) is 0 Å². The minimum atomic E-state index is -4.41. The quantitative estimate of drug-likeness (QED) is 0.0186. The van der Waals surface area contributed by atoms with Crippen LogP contribution in [0.5, 0.6) is 0 Å². The second kappa shape index (κ2) is 51.7. The maximum Gasteiger partial charge on any atom is 0.217 e. The van der Waals surface area contributed by atoms with E-state index in [0.717, 1.165) is 24.4 Å². The molecule has 0 aromatic carbocycles. The first kappa shape index (κ1) is 61.4. The summed E-state index contributed by atoms with van der Waals surface area (Å²) >= 11 is 0. The molecule has 0 amide bonds. The first-order valence-corrected chi connectivity index (χ1v) is 24.9. The highest BCUT2D eigenvalue weighted by molar-refractivity contribution is 7.80. The fourth-order valence-corrected chi connectivity index (χ4v) is 6.41. The molecule has 0 aliphatic carbocycles. The van der Waals surface area contributed by atoms with Gasteiger partial charge < -0.3 is 24.4 Å². The van der Waals surface area contributed by atoms with Crippen LogP contribution in [-0.2, 0) is 14.6 Å². The summed E-state index contributed by atoms with van der Waals surface area (Å²) in [7, 11) is 3.30. The highest BCUT2D eigenvalue weighted by atomic mass is 32.3. The topological polar surface area (TPSA) is 127 Å². The van der Waals surface area contributed by atoms with E-state index < -0.39 is 16.7 Å². The van der Waals surface area contributed by atoms with Gasteiger partial charge in [-0.2, -0.15) is 0 Å². The van der Waals surface area contributed by atoms with Crippen LogP contribution < -0.4 is 0 Å². The summed E-state index contributed by atoms with van der Waals surface area (Å²) in [6.07, 6.45) is 48.8. The van der Waals surface area contributed by atoms with Crippen molar-refractivity contribution in [3.8, 4) is 0 Å². The first-order chi connectivity index (χ1) is 26.3. The lowest BCUT2D eigenvalue weighted by atomic mass is 10.0. The Labute approximate surface area is 345 Å². The number of hydrogen-bond acceptors (Lipinski definition) is 7. The fraction of sp³-hybridized carbons (Fsp3) is 1.00. The molecule has 3 N–H and O–H groups in total. The highest BCUT2D eigenvalue weighted by Crippen LogP contribution is 2.16. The molecule has 0 spiro atoms. The molecule has 0 unspecified atom stereocenters. The maximum absolute atomic E-state index is 9.22. The van der Waals surface area contributed by atoms with Gasteiger partial charge in [0.2, 0.25) is 10.4 Å². The largest absolute Gasteiger partial charge is 0.726 e. The number of aliphatic hydroxyl groups excluding tert-OH is 2. The highest BCUT2D eigenvalue weighted by Gasteiger charge is 2.05. The average molecular weight is 812 g/mol. The summed E-state index contributed by atoms with van der Waals surface area (Å²) in [5.41, 5.74) is 0. The number of hydrogen-bond donors (Lipinski definition) is 3. The van der Waals surface area contributed by atoms with Crippen LogP contribution in [0.15, 0.2) is 0 Å². The summed E-state index contributed by atoms with van der Waals surface area (Å²) in [6.45, 7) is 8.19. The van der Waals surface area contributed by atoms with Gasteiger partial charge in [0, 0.05) is 6.61 Å². The van der Waals surface area contributed by atoms with Crippen LogP contribution in [0.25, 0.3) is 0 Å². The molecule has 0 aromatic heterocycles. The van der Waals surface area contributed by atoms with Gasteiger partial charge in [0.15, 0.2) is 6.29 Å². The minimum absolute atomic E-state index is 0.373. The summed E-state index contributed by atoms with van der Waals surface area (Å²) in [4.78, 5) is 0. The van der Waals surface area contributed by atoms with E-state index in [0.29, 0.717) is 13.0 Å². The van der Waals surface area contributed by atoms with Crippen LogP contribution >= 0.6 is 0 Å². The van der Waals surface area contributed by atoms with Crippen LogP contribution in [0, 0.1) is 0 Å². The van der Waals surface area contributed by atoms with E-state index in [1.165, 1.54) is 218 Å². The Kier molecular flexibility index (Phi) is 57.7. The molecule has 0 radical (unpaired) electrons. The summed E-state index contributed by atoms with van der Waals surface area (Å²) in [6, 6.07) is 0. The lowest BCUT2D eigenvalue weighted by molar-refractivity contribution is -0.870. The van der Waals surface area contributed by atoms with E-state index >= 15 is 0 Å². The number of quaternary nitrogens is 1. The molecule has 8 nitrogen and oxygen atoms in total. The van der Waals surface area contributed by atoms with Crippen LogP contribution in [0.2, 0.25) is 0 Å². The van der Waals surface area contributed by atoms with Crippen molar-refractivity contribution in [3.63, 3.8) is 0 Å². The zero-order valence-corrected chi connectivity index (χ0v) is 39.1. The molecule has 0 fully saturated rings. The Hall–Kier alpha value is -0.290. The van der Waals surface area contributed by atoms with E-state index in [9.17, 15) is 13.0 Å². The van der Waals surface area contributed by atoms with Crippen LogP contribution in [0.1, 0.15) is 252 Å². The van der Waals surface area contributed by atoms with Crippen molar-refractivity contribution < 1.29 is 37.0 Å². The Morgan fingerprint density at radius 3 is 0.818 bits per heavy atom. The summed E-state index contributed by atoms with van der Waals surface area (Å²) in [5, 5.41) is 24.9. The van der Waals surface area contributed by atoms with Gasteiger partial charge in [-0.3, -0.25) is 4.18 Å². The van der Waals surface area contributed by atoms with Gasteiger partial charge in [-0.15, -0.1) is 0 Å². The average Bonchev–Trinajstić information content (AvgIpc) is 3.13. The zero-order valence-electron chi connectivity index (χ0n) is 38.3. The Balaban J connectivity index is -0.000000379. The van der Waals surface area contributed by atoms with Crippen LogP contribution in [0.4, 0.5) is 0 Å². The molecule has 338 valence electrons. The Morgan fingerprint density at radius 1 is 0.455 bits per heavy atom. The molecule has 55 heavy (non-hydrogen) atoms. The smallest absolute Gasteiger partial charge is 0.217 e.